The molecule has 0 saturated heterocycles. The van der Waals surface area contributed by atoms with Gasteiger partial charge in [0, 0.05) is 47.5 Å². The molecular weight excluding hydrogens is 498 g/mol. The summed E-state index contributed by atoms with van der Waals surface area (Å²) >= 11 is 0. The monoisotopic (exact) mass is 551 g/mol. The quantitative estimate of drug-likeness (QED) is 0.201. The Morgan fingerprint density at radius 1 is 0.800 bits per heavy atom. The Kier molecular flexibility index (Phi) is 10.3. The molecule has 0 atom stereocenters. The molecule has 3 aromatic rings. The van der Waals surface area contributed by atoms with Gasteiger partial charge in [0.15, 0.2) is 0 Å². The molecule has 2 heterocycles. The van der Waals surface area contributed by atoms with Crippen molar-refractivity contribution in [3.63, 3.8) is 0 Å². The van der Waals surface area contributed by atoms with E-state index in [-0.39, 0.29) is 21.8 Å². The highest BCUT2D eigenvalue weighted by Gasteiger charge is 2.27. The standard InChI is InChI=1S/C34H53N3O3/c1-31(2,3)29-23-25-22-26(14-15-27(25)40-29)38-20-18-35-24-33(7,8)16-17-34(9,10)28-12-11-13-30(37-28)39-21-19-36-32(4,5)6/h11-15,22-23,35-36H,16-21,24H2,1-10H3. The van der Waals surface area contributed by atoms with Gasteiger partial charge in [-0.05, 0) is 69.4 Å². The van der Waals surface area contributed by atoms with Crippen molar-refractivity contribution < 1.29 is 13.9 Å². The fourth-order valence-corrected chi connectivity index (χ4v) is 4.47. The number of ether oxygens (including phenoxy) is 2. The summed E-state index contributed by atoms with van der Waals surface area (Å²) in [6.45, 7) is 25.9. The Bertz CT molecular complexity index is 1220. The number of hydrogen-bond acceptors (Lipinski definition) is 6. The summed E-state index contributed by atoms with van der Waals surface area (Å²) in [5, 5.41) is 8.13. The zero-order chi connectivity index (χ0) is 29.6. The van der Waals surface area contributed by atoms with Gasteiger partial charge in [0.2, 0.25) is 5.88 Å². The Morgan fingerprint density at radius 2 is 1.52 bits per heavy atom. The normalized spacial score (nSPS) is 13.2. The van der Waals surface area contributed by atoms with E-state index >= 15 is 0 Å². The average molecular weight is 552 g/mol. The lowest BCUT2D eigenvalue weighted by Gasteiger charge is -2.31. The van der Waals surface area contributed by atoms with Gasteiger partial charge < -0.3 is 24.5 Å². The largest absolute Gasteiger partial charge is 0.492 e. The number of benzene rings is 1. The van der Waals surface area contributed by atoms with Gasteiger partial charge in [-0.3, -0.25) is 0 Å². The molecule has 40 heavy (non-hydrogen) atoms. The van der Waals surface area contributed by atoms with Gasteiger partial charge in [-0.1, -0.05) is 54.5 Å². The van der Waals surface area contributed by atoms with E-state index in [1.165, 1.54) is 0 Å². The lowest BCUT2D eigenvalue weighted by molar-refractivity contribution is 0.254. The van der Waals surface area contributed by atoms with E-state index in [2.05, 4.69) is 104 Å². The fourth-order valence-electron chi connectivity index (χ4n) is 4.47. The highest BCUT2D eigenvalue weighted by molar-refractivity contribution is 5.79. The summed E-state index contributed by atoms with van der Waals surface area (Å²) in [6.07, 6.45) is 2.13. The molecule has 6 nitrogen and oxygen atoms in total. The summed E-state index contributed by atoms with van der Waals surface area (Å²) in [7, 11) is 0. The van der Waals surface area contributed by atoms with Gasteiger partial charge in [0.1, 0.15) is 30.3 Å². The maximum Gasteiger partial charge on any atom is 0.213 e. The predicted octanol–water partition coefficient (Wildman–Crippen LogP) is 7.64. The summed E-state index contributed by atoms with van der Waals surface area (Å²) in [5.74, 6) is 2.57. The van der Waals surface area contributed by atoms with E-state index in [4.69, 9.17) is 18.9 Å². The Hall–Kier alpha value is -2.57. The second-order valence-electron chi connectivity index (χ2n) is 14.5. The fraction of sp³-hybridized carbons (Fsp3) is 0.618. The molecule has 3 rings (SSSR count). The van der Waals surface area contributed by atoms with Crippen molar-refractivity contribution in [2.75, 3.05) is 32.8 Å². The first-order chi connectivity index (χ1) is 18.5. The molecule has 6 heteroatoms. The third-order valence-electron chi connectivity index (χ3n) is 7.23. The molecule has 0 aliphatic rings. The van der Waals surface area contributed by atoms with Crippen molar-refractivity contribution in [1.29, 1.82) is 0 Å². The molecule has 222 valence electrons. The molecule has 0 spiro atoms. The number of aromatic nitrogens is 1. The van der Waals surface area contributed by atoms with Gasteiger partial charge in [-0.25, -0.2) is 4.98 Å². The van der Waals surface area contributed by atoms with E-state index < -0.39 is 0 Å². The summed E-state index contributed by atoms with van der Waals surface area (Å²) in [6, 6.07) is 14.3. The number of hydrogen-bond donors (Lipinski definition) is 2. The van der Waals surface area contributed by atoms with Crippen LogP contribution in [0, 0.1) is 5.41 Å². The van der Waals surface area contributed by atoms with Gasteiger partial charge in [0.05, 0.1) is 5.69 Å². The van der Waals surface area contributed by atoms with Crippen LogP contribution in [0.2, 0.25) is 0 Å². The second kappa shape index (κ2) is 12.9. The van der Waals surface area contributed by atoms with E-state index in [9.17, 15) is 0 Å². The first-order valence-electron chi connectivity index (χ1n) is 14.8. The van der Waals surface area contributed by atoms with Crippen LogP contribution >= 0.6 is 0 Å². The van der Waals surface area contributed by atoms with Crippen molar-refractivity contribution in [2.45, 2.75) is 98.4 Å². The zero-order valence-electron chi connectivity index (χ0n) is 26.7. The first-order valence-corrected chi connectivity index (χ1v) is 14.8. The Morgan fingerprint density at radius 3 is 2.23 bits per heavy atom. The van der Waals surface area contributed by atoms with Gasteiger partial charge in [-0.15, -0.1) is 0 Å². The van der Waals surface area contributed by atoms with Crippen LogP contribution in [0.4, 0.5) is 0 Å². The van der Waals surface area contributed by atoms with Crippen LogP contribution in [0.1, 0.15) is 93.5 Å². The topological polar surface area (TPSA) is 68.5 Å². The van der Waals surface area contributed by atoms with Crippen LogP contribution in [0.3, 0.4) is 0 Å². The van der Waals surface area contributed by atoms with Crippen LogP contribution in [-0.4, -0.2) is 43.4 Å². The smallest absolute Gasteiger partial charge is 0.213 e. The highest BCUT2D eigenvalue weighted by atomic mass is 16.5. The van der Waals surface area contributed by atoms with Gasteiger partial charge in [0.25, 0.3) is 0 Å². The van der Waals surface area contributed by atoms with E-state index in [0.29, 0.717) is 19.1 Å². The van der Waals surface area contributed by atoms with Crippen molar-refractivity contribution >= 4 is 11.0 Å². The molecule has 0 radical (unpaired) electrons. The maximum absolute atomic E-state index is 6.03. The molecule has 0 aliphatic heterocycles. The van der Waals surface area contributed by atoms with Gasteiger partial charge >= 0.3 is 0 Å². The molecule has 0 amide bonds. The second-order valence-corrected chi connectivity index (χ2v) is 14.5. The molecule has 1 aromatic carbocycles. The van der Waals surface area contributed by atoms with Crippen LogP contribution < -0.4 is 20.1 Å². The minimum Gasteiger partial charge on any atom is -0.492 e. The number of furan rings is 1. The third-order valence-corrected chi connectivity index (χ3v) is 7.23. The lowest BCUT2D eigenvalue weighted by atomic mass is 9.77. The lowest BCUT2D eigenvalue weighted by Crippen LogP contribution is -2.38. The number of pyridine rings is 1. The van der Waals surface area contributed by atoms with Crippen LogP contribution in [0.25, 0.3) is 11.0 Å². The van der Waals surface area contributed by atoms with E-state index in [1.807, 2.05) is 18.2 Å². The first kappa shape index (κ1) is 32.0. The third kappa shape index (κ3) is 10.1. The van der Waals surface area contributed by atoms with E-state index in [0.717, 1.165) is 60.6 Å². The number of nitrogens with one attached hydrogen (secondary N) is 2. The van der Waals surface area contributed by atoms with Crippen LogP contribution in [-0.2, 0) is 10.8 Å². The minimum atomic E-state index is -0.0397. The molecule has 0 fully saturated rings. The number of nitrogens with zero attached hydrogens (tertiary/aromatic N) is 1. The molecule has 0 aliphatic carbocycles. The number of rotatable bonds is 14. The van der Waals surface area contributed by atoms with Crippen LogP contribution in [0.5, 0.6) is 11.6 Å². The Balaban J connectivity index is 1.41. The average Bonchev–Trinajstić information content (AvgIpc) is 3.29. The number of fused-ring (bicyclic) bond motifs is 1. The molecule has 2 aromatic heterocycles. The molecule has 0 bridgehead atoms. The minimum absolute atomic E-state index is 0.00933. The van der Waals surface area contributed by atoms with Gasteiger partial charge in [-0.2, -0.15) is 0 Å². The molecule has 2 N–H and O–H groups in total. The van der Waals surface area contributed by atoms with Crippen molar-refractivity contribution in [1.82, 2.24) is 15.6 Å². The molecule has 0 saturated carbocycles. The van der Waals surface area contributed by atoms with Crippen molar-refractivity contribution in [3.8, 4) is 11.6 Å². The predicted molar refractivity (Wildman–Crippen MR) is 167 cm³/mol. The maximum atomic E-state index is 6.03. The van der Waals surface area contributed by atoms with Crippen molar-refractivity contribution in [3.05, 3.63) is 53.9 Å². The van der Waals surface area contributed by atoms with Crippen LogP contribution in [0.15, 0.2) is 46.9 Å². The van der Waals surface area contributed by atoms with E-state index in [1.54, 1.807) is 0 Å². The molecule has 0 unspecified atom stereocenters. The van der Waals surface area contributed by atoms with Crippen molar-refractivity contribution in [2.24, 2.45) is 5.41 Å². The summed E-state index contributed by atoms with van der Waals surface area (Å²) in [4.78, 5) is 4.84. The summed E-state index contributed by atoms with van der Waals surface area (Å²) in [5.41, 5.74) is 2.18. The molecular formula is C34H53N3O3. The zero-order valence-corrected chi connectivity index (χ0v) is 26.7. The Labute approximate surface area is 242 Å². The SMILES string of the molecule is CC(C)(CCC(C)(C)c1cccc(OCCNC(C)(C)C)n1)CNCCOc1ccc2oc(C(C)(C)C)cc2c1. The highest BCUT2D eigenvalue weighted by Crippen LogP contribution is 2.34. The summed E-state index contributed by atoms with van der Waals surface area (Å²) < 4.78 is 18.0.